The normalized spacial score (nSPS) is 22.7. The van der Waals surface area contributed by atoms with Crippen molar-refractivity contribution < 1.29 is 22.7 Å². The molecule has 4 rings (SSSR count). The Bertz CT molecular complexity index is 1050. The van der Waals surface area contributed by atoms with Crippen molar-refractivity contribution in [1.82, 2.24) is 4.98 Å². The third kappa shape index (κ3) is 4.05. The second-order valence-corrected chi connectivity index (χ2v) is 8.48. The minimum atomic E-state index is -4.53. The minimum absolute atomic E-state index is 0.239. The molecule has 0 bridgehead atoms. The molecule has 0 amide bonds. The van der Waals surface area contributed by atoms with Crippen molar-refractivity contribution in [1.29, 1.82) is 0 Å². The van der Waals surface area contributed by atoms with Gasteiger partial charge >= 0.3 is 6.18 Å². The molecule has 0 spiro atoms. The number of rotatable bonds is 3. The first-order valence-electron chi connectivity index (χ1n) is 10.4. The molecule has 1 aliphatic carbocycles. The van der Waals surface area contributed by atoms with Crippen LogP contribution in [-0.4, -0.2) is 31.0 Å². The maximum Gasteiger partial charge on any atom is 0.418 e. The van der Waals surface area contributed by atoms with Crippen molar-refractivity contribution in [2.45, 2.75) is 32.9 Å². The number of carbonyl (C=O) groups is 1. The molecule has 7 heteroatoms. The van der Waals surface area contributed by atoms with Crippen LogP contribution in [-0.2, 0) is 12.6 Å². The van der Waals surface area contributed by atoms with Crippen LogP contribution in [0.4, 0.5) is 18.9 Å². The number of halogens is 3. The Hall–Kier alpha value is -2.83. The molecule has 1 aromatic heterocycles. The van der Waals surface area contributed by atoms with Gasteiger partial charge in [0.25, 0.3) is 0 Å². The summed E-state index contributed by atoms with van der Waals surface area (Å²) in [6.45, 7) is 6.28. The van der Waals surface area contributed by atoms with Gasteiger partial charge in [-0.3, -0.25) is 9.78 Å². The van der Waals surface area contributed by atoms with E-state index in [0.29, 0.717) is 28.7 Å². The molecule has 2 aromatic rings. The van der Waals surface area contributed by atoms with Crippen LogP contribution in [0.15, 0.2) is 36.0 Å². The summed E-state index contributed by atoms with van der Waals surface area (Å²) >= 11 is 0. The number of hydrogen-bond donors (Lipinski definition) is 0. The predicted octanol–water partition coefficient (Wildman–Crippen LogP) is 5.41. The van der Waals surface area contributed by atoms with Gasteiger partial charge in [0.05, 0.1) is 24.1 Å². The summed E-state index contributed by atoms with van der Waals surface area (Å²) in [5.74, 6) is 1.52. The molecule has 1 fully saturated rings. The lowest BCUT2D eigenvalue weighted by atomic mass is 9.88. The Balaban J connectivity index is 1.69. The molecule has 164 valence electrons. The summed E-state index contributed by atoms with van der Waals surface area (Å²) in [4.78, 5) is 19.1. The van der Waals surface area contributed by atoms with E-state index in [1.54, 1.807) is 13.2 Å². The lowest BCUT2D eigenvalue weighted by molar-refractivity contribution is -0.138. The van der Waals surface area contributed by atoms with E-state index in [0.717, 1.165) is 36.8 Å². The Morgan fingerprint density at radius 1 is 1.23 bits per heavy atom. The van der Waals surface area contributed by atoms with Gasteiger partial charge < -0.3 is 9.64 Å². The maximum absolute atomic E-state index is 13.3. The van der Waals surface area contributed by atoms with Gasteiger partial charge in [0.1, 0.15) is 5.75 Å². The fraction of sp³-hybridized carbons (Fsp3) is 0.417. The smallest absolute Gasteiger partial charge is 0.418 e. The van der Waals surface area contributed by atoms with Crippen molar-refractivity contribution in [3.63, 3.8) is 0 Å². The molecule has 1 unspecified atom stereocenters. The molecular weight excluding hydrogens is 405 g/mol. The second-order valence-electron chi connectivity index (χ2n) is 8.48. The first-order valence-corrected chi connectivity index (χ1v) is 10.4. The number of ether oxygens (including phenoxy) is 1. The van der Waals surface area contributed by atoms with Gasteiger partial charge in [-0.25, -0.2) is 0 Å². The summed E-state index contributed by atoms with van der Waals surface area (Å²) in [7, 11) is 1.57. The van der Waals surface area contributed by atoms with Crippen LogP contribution in [0.5, 0.6) is 5.75 Å². The van der Waals surface area contributed by atoms with E-state index < -0.39 is 11.7 Å². The summed E-state index contributed by atoms with van der Waals surface area (Å²) in [5, 5.41) is 0. The second kappa shape index (κ2) is 8.02. The van der Waals surface area contributed by atoms with Crippen LogP contribution in [0.2, 0.25) is 0 Å². The topological polar surface area (TPSA) is 42.4 Å². The van der Waals surface area contributed by atoms with Gasteiger partial charge in [-0.1, -0.05) is 13.8 Å². The molecule has 1 aromatic carbocycles. The number of aromatic nitrogens is 1. The summed E-state index contributed by atoms with van der Waals surface area (Å²) in [6, 6.07) is 5.90. The Morgan fingerprint density at radius 3 is 2.68 bits per heavy atom. The number of hydrogen-bond acceptors (Lipinski definition) is 4. The molecule has 2 heterocycles. The fourth-order valence-electron chi connectivity index (χ4n) is 4.37. The highest BCUT2D eigenvalue weighted by atomic mass is 19.4. The van der Waals surface area contributed by atoms with E-state index in [1.807, 2.05) is 6.07 Å². The highest BCUT2D eigenvalue weighted by Gasteiger charge is 2.35. The maximum atomic E-state index is 13.3. The number of anilines is 1. The largest absolute Gasteiger partial charge is 0.495 e. The van der Waals surface area contributed by atoms with E-state index in [4.69, 9.17) is 4.74 Å². The summed E-state index contributed by atoms with van der Waals surface area (Å²) in [6.07, 6.45) is -0.617. The van der Waals surface area contributed by atoms with Crippen molar-refractivity contribution in [3.8, 4) is 5.75 Å². The third-order valence-corrected chi connectivity index (χ3v) is 6.45. The Labute approximate surface area is 179 Å². The Kier molecular flexibility index (Phi) is 5.54. The average Bonchev–Trinajstić information content (AvgIpc) is 3.03. The monoisotopic (exact) mass is 430 g/mol. The molecule has 31 heavy (non-hydrogen) atoms. The molecule has 1 aliphatic heterocycles. The van der Waals surface area contributed by atoms with Gasteiger partial charge in [-0.2, -0.15) is 13.2 Å². The fourth-order valence-corrected chi connectivity index (χ4v) is 4.37. The minimum Gasteiger partial charge on any atom is -0.495 e. The van der Waals surface area contributed by atoms with Gasteiger partial charge in [0.2, 0.25) is 0 Å². The van der Waals surface area contributed by atoms with Crippen LogP contribution in [0.3, 0.4) is 0 Å². The standard InChI is InChI=1S/C24H25F3N2O2/c1-14-6-8-29(13-15(14)2)21-11-16-9-17(23(30)18(16)12-22(21)31-3)10-20-19(24(25,26)27)5-4-7-28-20/h4-5,7,10-12,14-15H,6,8-9,13H2,1-3H3/b17-10+/t14?,15-/m0/s1. The SMILES string of the molecule is COc1cc2c(cc1N1CCC(C)[C@@H](C)C1)C/C(=C\c1ncccc1C(F)(F)F)C2=O. The molecule has 0 N–H and O–H groups in total. The number of piperidine rings is 1. The van der Waals surface area contributed by atoms with Gasteiger partial charge in [0.15, 0.2) is 5.78 Å². The van der Waals surface area contributed by atoms with Crippen LogP contribution in [0.1, 0.15) is 47.4 Å². The van der Waals surface area contributed by atoms with Crippen LogP contribution >= 0.6 is 0 Å². The molecule has 0 saturated carbocycles. The van der Waals surface area contributed by atoms with Crippen LogP contribution in [0, 0.1) is 11.8 Å². The van der Waals surface area contributed by atoms with Crippen molar-refractivity contribution >= 4 is 17.5 Å². The molecular formula is C24H25F3N2O2. The number of fused-ring (bicyclic) bond motifs is 1. The first kappa shape index (κ1) is 21.4. The highest BCUT2D eigenvalue weighted by molar-refractivity contribution is 6.16. The number of methoxy groups -OCH3 is 1. The lowest BCUT2D eigenvalue weighted by Gasteiger charge is -2.37. The van der Waals surface area contributed by atoms with E-state index in [2.05, 4.69) is 23.7 Å². The number of benzene rings is 1. The molecule has 4 nitrogen and oxygen atoms in total. The number of alkyl halides is 3. The summed E-state index contributed by atoms with van der Waals surface area (Å²) < 4.78 is 45.5. The number of carbonyl (C=O) groups excluding carboxylic acids is 1. The van der Waals surface area contributed by atoms with Gasteiger partial charge in [-0.05, 0) is 54.2 Å². The number of allylic oxidation sites excluding steroid dienone is 1. The molecule has 2 atom stereocenters. The number of Topliss-reactive ketones (excluding diaryl/α,β-unsaturated/α-hetero) is 1. The molecule has 1 saturated heterocycles. The predicted molar refractivity (Wildman–Crippen MR) is 113 cm³/mol. The lowest BCUT2D eigenvalue weighted by Crippen LogP contribution is -2.38. The number of nitrogens with zero attached hydrogens (tertiary/aromatic N) is 2. The molecule has 2 aliphatic rings. The van der Waals surface area contributed by atoms with Crippen LogP contribution < -0.4 is 9.64 Å². The van der Waals surface area contributed by atoms with Crippen molar-refractivity contribution in [2.24, 2.45) is 11.8 Å². The quantitative estimate of drug-likeness (QED) is 0.611. The number of pyridine rings is 1. The zero-order chi connectivity index (χ0) is 22.3. The Morgan fingerprint density at radius 2 is 2.00 bits per heavy atom. The van der Waals surface area contributed by atoms with Crippen LogP contribution in [0.25, 0.3) is 6.08 Å². The average molecular weight is 430 g/mol. The first-order chi connectivity index (χ1) is 14.7. The third-order valence-electron chi connectivity index (χ3n) is 6.45. The van der Waals surface area contributed by atoms with Crippen molar-refractivity contribution in [2.75, 3.05) is 25.1 Å². The number of ketones is 1. The highest BCUT2D eigenvalue weighted by Crippen LogP contribution is 2.40. The zero-order valence-corrected chi connectivity index (χ0v) is 17.8. The van der Waals surface area contributed by atoms with Gasteiger partial charge in [-0.15, -0.1) is 0 Å². The van der Waals surface area contributed by atoms with E-state index in [1.165, 1.54) is 18.3 Å². The summed E-state index contributed by atoms with van der Waals surface area (Å²) in [5.41, 5.74) is 1.44. The zero-order valence-electron chi connectivity index (χ0n) is 17.8. The van der Waals surface area contributed by atoms with Gasteiger partial charge in [0, 0.05) is 36.8 Å². The molecule has 0 radical (unpaired) electrons. The van der Waals surface area contributed by atoms with E-state index in [-0.39, 0.29) is 17.9 Å². The van der Waals surface area contributed by atoms with E-state index >= 15 is 0 Å². The van der Waals surface area contributed by atoms with Crippen molar-refractivity contribution in [3.05, 3.63) is 58.4 Å². The van der Waals surface area contributed by atoms with E-state index in [9.17, 15) is 18.0 Å².